The normalized spacial score (nSPS) is 14.6. The largest absolute Gasteiger partial charge is 0.454 e. The van der Waals surface area contributed by atoms with Crippen LogP contribution in [-0.4, -0.2) is 39.8 Å². The highest BCUT2D eigenvalue weighted by atomic mass is 16.7. The third-order valence-corrected chi connectivity index (χ3v) is 5.44. The lowest BCUT2D eigenvalue weighted by atomic mass is 10.0. The van der Waals surface area contributed by atoms with Crippen LogP contribution in [-0.2, 0) is 31.4 Å². The van der Waals surface area contributed by atoms with E-state index in [1.807, 2.05) is 30.1 Å². The molecule has 0 radical (unpaired) electrons. The van der Waals surface area contributed by atoms with Crippen molar-refractivity contribution in [1.29, 1.82) is 0 Å². The Labute approximate surface area is 169 Å². The number of aryl methyl sites for hydroxylation is 1. The number of benzene rings is 1. The molecular formula is C21H26N4O4. The number of ether oxygens (including phenoxy) is 2. The molecule has 0 bridgehead atoms. The summed E-state index contributed by atoms with van der Waals surface area (Å²) in [6, 6.07) is 5.60. The molecule has 2 amide bonds. The molecule has 0 aliphatic carbocycles. The first-order valence-electron chi connectivity index (χ1n) is 10.1. The van der Waals surface area contributed by atoms with Crippen LogP contribution in [0.5, 0.6) is 11.5 Å². The second-order valence-electron chi connectivity index (χ2n) is 7.44. The minimum absolute atomic E-state index is 0.146. The van der Waals surface area contributed by atoms with Gasteiger partial charge in [0, 0.05) is 50.8 Å². The first-order chi connectivity index (χ1) is 14.1. The standard InChI is InChI=1S/C21H26N4O4/c1-3-4-5-19(26)25-9-8-16-15(12-25)20(23-24(16)2)21(27)22-11-14-6-7-17-18(10-14)29-13-28-17/h6-7,10H,3-5,8-9,11-13H2,1-2H3,(H,22,27). The second-order valence-corrected chi connectivity index (χ2v) is 7.44. The van der Waals surface area contributed by atoms with Gasteiger partial charge in [-0.2, -0.15) is 5.10 Å². The molecule has 0 fully saturated rings. The fourth-order valence-corrected chi connectivity index (χ4v) is 3.79. The maximum absolute atomic E-state index is 12.8. The molecule has 2 aliphatic heterocycles. The van der Waals surface area contributed by atoms with Crippen molar-refractivity contribution < 1.29 is 19.1 Å². The Morgan fingerprint density at radius 2 is 2.07 bits per heavy atom. The van der Waals surface area contributed by atoms with Crippen LogP contribution in [0.3, 0.4) is 0 Å². The number of amides is 2. The van der Waals surface area contributed by atoms with Crippen LogP contribution in [0.15, 0.2) is 18.2 Å². The van der Waals surface area contributed by atoms with Gasteiger partial charge in [-0.25, -0.2) is 0 Å². The molecule has 8 heteroatoms. The van der Waals surface area contributed by atoms with Crippen molar-refractivity contribution in [3.05, 3.63) is 40.7 Å². The Hall–Kier alpha value is -3.03. The molecule has 1 aromatic carbocycles. The molecule has 1 N–H and O–H groups in total. The highest BCUT2D eigenvalue weighted by Gasteiger charge is 2.29. The van der Waals surface area contributed by atoms with E-state index in [0.717, 1.165) is 29.7 Å². The fraction of sp³-hybridized carbons (Fsp3) is 0.476. The maximum Gasteiger partial charge on any atom is 0.272 e. The van der Waals surface area contributed by atoms with E-state index in [1.54, 1.807) is 4.68 Å². The fourth-order valence-electron chi connectivity index (χ4n) is 3.79. The van der Waals surface area contributed by atoms with Gasteiger partial charge in [-0.1, -0.05) is 19.4 Å². The Morgan fingerprint density at radius 1 is 1.24 bits per heavy atom. The molecule has 3 heterocycles. The van der Waals surface area contributed by atoms with E-state index in [-0.39, 0.29) is 18.6 Å². The summed E-state index contributed by atoms with van der Waals surface area (Å²) >= 11 is 0. The van der Waals surface area contributed by atoms with Gasteiger partial charge in [0.2, 0.25) is 12.7 Å². The molecule has 0 saturated carbocycles. The SMILES string of the molecule is CCCCC(=O)N1CCc2c(c(C(=O)NCc3ccc4c(c3)OCO4)nn2C)C1. The zero-order chi connectivity index (χ0) is 20.4. The average Bonchev–Trinajstić information content (AvgIpc) is 3.34. The van der Waals surface area contributed by atoms with Gasteiger partial charge >= 0.3 is 0 Å². The van der Waals surface area contributed by atoms with Crippen LogP contribution in [0.2, 0.25) is 0 Å². The molecule has 4 rings (SSSR count). The first kappa shape index (κ1) is 19.3. The number of nitrogens with zero attached hydrogens (tertiary/aromatic N) is 3. The van der Waals surface area contributed by atoms with Crippen LogP contribution >= 0.6 is 0 Å². The summed E-state index contributed by atoms with van der Waals surface area (Å²) in [5, 5.41) is 7.37. The highest BCUT2D eigenvalue weighted by molar-refractivity contribution is 5.94. The van der Waals surface area contributed by atoms with E-state index in [4.69, 9.17) is 9.47 Å². The van der Waals surface area contributed by atoms with Gasteiger partial charge in [-0.3, -0.25) is 14.3 Å². The Bertz CT molecular complexity index is 937. The van der Waals surface area contributed by atoms with Crippen molar-refractivity contribution in [2.75, 3.05) is 13.3 Å². The van der Waals surface area contributed by atoms with Crippen molar-refractivity contribution in [2.45, 2.75) is 45.7 Å². The average molecular weight is 398 g/mol. The monoisotopic (exact) mass is 398 g/mol. The van der Waals surface area contributed by atoms with Crippen molar-refractivity contribution in [1.82, 2.24) is 20.0 Å². The zero-order valence-corrected chi connectivity index (χ0v) is 16.9. The van der Waals surface area contributed by atoms with Gasteiger partial charge in [0.15, 0.2) is 17.2 Å². The number of carbonyl (C=O) groups excluding carboxylic acids is 2. The molecule has 0 atom stereocenters. The van der Waals surface area contributed by atoms with E-state index in [9.17, 15) is 9.59 Å². The summed E-state index contributed by atoms with van der Waals surface area (Å²) in [6.45, 7) is 3.77. The highest BCUT2D eigenvalue weighted by Crippen LogP contribution is 2.32. The van der Waals surface area contributed by atoms with Crippen LogP contribution in [0, 0.1) is 0 Å². The molecule has 0 unspecified atom stereocenters. The van der Waals surface area contributed by atoms with E-state index in [1.165, 1.54) is 0 Å². The summed E-state index contributed by atoms with van der Waals surface area (Å²) in [5.41, 5.74) is 3.20. The first-order valence-corrected chi connectivity index (χ1v) is 10.1. The topological polar surface area (TPSA) is 85.7 Å². The Morgan fingerprint density at radius 3 is 2.90 bits per heavy atom. The number of fused-ring (bicyclic) bond motifs is 2. The molecule has 2 aromatic rings. The van der Waals surface area contributed by atoms with Crippen LogP contribution in [0.25, 0.3) is 0 Å². The summed E-state index contributed by atoms with van der Waals surface area (Å²) in [4.78, 5) is 27.1. The molecule has 0 saturated heterocycles. The number of carbonyl (C=O) groups is 2. The molecule has 2 aliphatic rings. The maximum atomic E-state index is 12.8. The number of aromatic nitrogens is 2. The third kappa shape index (κ3) is 3.92. The zero-order valence-electron chi connectivity index (χ0n) is 16.9. The van der Waals surface area contributed by atoms with Gasteiger partial charge in [-0.05, 0) is 24.1 Å². The number of nitrogens with one attached hydrogen (secondary N) is 1. The van der Waals surface area contributed by atoms with Crippen LogP contribution in [0.4, 0.5) is 0 Å². The molecule has 1 aromatic heterocycles. The lowest BCUT2D eigenvalue weighted by Crippen LogP contribution is -2.37. The summed E-state index contributed by atoms with van der Waals surface area (Å²) in [7, 11) is 1.85. The van der Waals surface area contributed by atoms with Gasteiger partial charge in [-0.15, -0.1) is 0 Å². The minimum Gasteiger partial charge on any atom is -0.454 e. The van der Waals surface area contributed by atoms with E-state index < -0.39 is 0 Å². The number of hydrogen-bond acceptors (Lipinski definition) is 5. The smallest absolute Gasteiger partial charge is 0.272 e. The quantitative estimate of drug-likeness (QED) is 0.806. The summed E-state index contributed by atoms with van der Waals surface area (Å²) in [5.74, 6) is 1.32. The third-order valence-electron chi connectivity index (χ3n) is 5.44. The minimum atomic E-state index is -0.234. The molecule has 8 nitrogen and oxygen atoms in total. The van der Waals surface area contributed by atoms with Crippen LogP contribution < -0.4 is 14.8 Å². The lowest BCUT2D eigenvalue weighted by molar-refractivity contribution is -0.132. The Balaban J connectivity index is 1.45. The number of hydrogen-bond donors (Lipinski definition) is 1. The van der Waals surface area contributed by atoms with E-state index >= 15 is 0 Å². The molecule has 29 heavy (non-hydrogen) atoms. The molecule has 0 spiro atoms. The van der Waals surface area contributed by atoms with E-state index in [2.05, 4.69) is 17.3 Å². The summed E-state index contributed by atoms with van der Waals surface area (Å²) < 4.78 is 12.5. The van der Waals surface area contributed by atoms with Gasteiger partial charge < -0.3 is 19.7 Å². The lowest BCUT2D eigenvalue weighted by Gasteiger charge is -2.27. The number of rotatable bonds is 6. The van der Waals surface area contributed by atoms with Gasteiger partial charge in [0.05, 0.1) is 0 Å². The second kappa shape index (κ2) is 8.14. The van der Waals surface area contributed by atoms with Crippen molar-refractivity contribution >= 4 is 11.8 Å². The molecular weight excluding hydrogens is 372 g/mol. The predicted octanol–water partition coefficient (Wildman–Crippen LogP) is 2.15. The van der Waals surface area contributed by atoms with Gasteiger partial charge in [0.25, 0.3) is 5.91 Å². The molecule has 154 valence electrons. The summed E-state index contributed by atoms with van der Waals surface area (Å²) in [6.07, 6.45) is 3.15. The van der Waals surface area contributed by atoms with Crippen LogP contribution in [0.1, 0.15) is 53.5 Å². The van der Waals surface area contributed by atoms with Crippen molar-refractivity contribution in [2.24, 2.45) is 7.05 Å². The van der Waals surface area contributed by atoms with E-state index in [0.29, 0.717) is 49.7 Å². The van der Waals surface area contributed by atoms with Crippen molar-refractivity contribution in [3.8, 4) is 11.5 Å². The number of unbranched alkanes of at least 4 members (excludes halogenated alkanes) is 1. The van der Waals surface area contributed by atoms with Gasteiger partial charge in [0.1, 0.15) is 0 Å². The van der Waals surface area contributed by atoms with Crippen molar-refractivity contribution in [3.63, 3.8) is 0 Å². The Kier molecular flexibility index (Phi) is 5.42. The predicted molar refractivity (Wildman–Crippen MR) is 106 cm³/mol.